The van der Waals surface area contributed by atoms with Crippen molar-refractivity contribution in [3.8, 4) is 0 Å². The van der Waals surface area contributed by atoms with Crippen molar-refractivity contribution >= 4 is 0 Å². The summed E-state index contributed by atoms with van der Waals surface area (Å²) in [6.45, 7) is 8.25. The Morgan fingerprint density at radius 3 is 2.47 bits per heavy atom. The number of nitrogens with one attached hydrogen (secondary N) is 1. The van der Waals surface area contributed by atoms with Gasteiger partial charge in [0.2, 0.25) is 0 Å². The predicted molar refractivity (Wildman–Crippen MR) is 65.9 cm³/mol. The van der Waals surface area contributed by atoms with E-state index in [2.05, 4.69) is 26.1 Å². The van der Waals surface area contributed by atoms with E-state index < -0.39 is 0 Å². The Kier molecular flexibility index (Phi) is 3.71. The van der Waals surface area contributed by atoms with Crippen LogP contribution in [0.4, 0.5) is 0 Å². The first-order valence-corrected chi connectivity index (χ1v) is 6.95. The lowest BCUT2D eigenvalue weighted by atomic mass is 9.79. The van der Waals surface area contributed by atoms with E-state index in [0.717, 1.165) is 29.7 Å². The maximum atomic E-state index is 3.80. The van der Waals surface area contributed by atoms with Crippen molar-refractivity contribution in [1.82, 2.24) is 5.32 Å². The number of fused-ring (bicyclic) bond motifs is 2. The summed E-state index contributed by atoms with van der Waals surface area (Å²) in [4.78, 5) is 0. The summed E-state index contributed by atoms with van der Waals surface area (Å²) in [7, 11) is 0. The quantitative estimate of drug-likeness (QED) is 0.731. The molecule has 0 aliphatic heterocycles. The largest absolute Gasteiger partial charge is 0.313 e. The first kappa shape index (κ1) is 11.4. The average Bonchev–Trinajstić information content (AvgIpc) is 2.79. The molecule has 0 heterocycles. The second-order valence-corrected chi connectivity index (χ2v) is 6.06. The SMILES string of the molecule is CCCNC(C(C)C)C1CC2CCC1C2. The second-order valence-electron chi connectivity index (χ2n) is 6.06. The summed E-state index contributed by atoms with van der Waals surface area (Å²) in [5, 5.41) is 3.80. The van der Waals surface area contributed by atoms with Gasteiger partial charge in [-0.25, -0.2) is 0 Å². The topological polar surface area (TPSA) is 12.0 Å². The fourth-order valence-electron chi connectivity index (χ4n) is 3.93. The van der Waals surface area contributed by atoms with Gasteiger partial charge in [0, 0.05) is 6.04 Å². The van der Waals surface area contributed by atoms with Gasteiger partial charge >= 0.3 is 0 Å². The zero-order chi connectivity index (χ0) is 10.8. The lowest BCUT2D eigenvalue weighted by molar-refractivity contribution is 0.206. The zero-order valence-corrected chi connectivity index (χ0v) is 10.6. The third kappa shape index (κ3) is 2.38. The maximum absolute atomic E-state index is 3.80. The third-order valence-corrected chi connectivity index (χ3v) is 4.60. The molecule has 0 aromatic carbocycles. The molecule has 0 amide bonds. The molecule has 2 aliphatic rings. The van der Waals surface area contributed by atoms with Crippen LogP contribution in [0.3, 0.4) is 0 Å². The van der Waals surface area contributed by atoms with Gasteiger partial charge in [0.15, 0.2) is 0 Å². The van der Waals surface area contributed by atoms with Crippen LogP contribution in [0.25, 0.3) is 0 Å². The van der Waals surface area contributed by atoms with Gasteiger partial charge in [-0.2, -0.15) is 0 Å². The van der Waals surface area contributed by atoms with Crippen LogP contribution in [0.2, 0.25) is 0 Å². The Morgan fingerprint density at radius 1 is 1.20 bits per heavy atom. The molecule has 0 saturated heterocycles. The van der Waals surface area contributed by atoms with Crippen molar-refractivity contribution in [3.05, 3.63) is 0 Å². The van der Waals surface area contributed by atoms with Gasteiger partial charge in [-0.1, -0.05) is 27.2 Å². The molecular formula is C14H27N. The average molecular weight is 209 g/mol. The van der Waals surface area contributed by atoms with Crippen LogP contribution < -0.4 is 5.32 Å². The predicted octanol–water partition coefficient (Wildman–Crippen LogP) is 3.45. The summed E-state index contributed by atoms with van der Waals surface area (Å²) < 4.78 is 0. The third-order valence-electron chi connectivity index (χ3n) is 4.60. The van der Waals surface area contributed by atoms with Crippen molar-refractivity contribution in [2.75, 3.05) is 6.54 Å². The smallest absolute Gasteiger partial charge is 0.0121 e. The van der Waals surface area contributed by atoms with Gasteiger partial charge in [-0.05, 0) is 55.9 Å². The van der Waals surface area contributed by atoms with Gasteiger partial charge in [0.1, 0.15) is 0 Å². The first-order valence-electron chi connectivity index (χ1n) is 6.95. The van der Waals surface area contributed by atoms with Gasteiger partial charge in [0.05, 0.1) is 0 Å². The molecule has 0 spiro atoms. The van der Waals surface area contributed by atoms with Gasteiger partial charge in [-0.15, -0.1) is 0 Å². The molecule has 0 aromatic heterocycles. The van der Waals surface area contributed by atoms with Crippen LogP contribution in [0.5, 0.6) is 0 Å². The van der Waals surface area contributed by atoms with Crippen molar-refractivity contribution in [1.29, 1.82) is 0 Å². The van der Waals surface area contributed by atoms with E-state index in [0.29, 0.717) is 0 Å². The van der Waals surface area contributed by atoms with E-state index in [9.17, 15) is 0 Å². The van der Waals surface area contributed by atoms with Gasteiger partial charge in [-0.3, -0.25) is 0 Å². The Labute approximate surface area is 95.0 Å². The fourth-order valence-corrected chi connectivity index (χ4v) is 3.93. The van der Waals surface area contributed by atoms with E-state index in [1.54, 1.807) is 6.42 Å². The van der Waals surface area contributed by atoms with Crippen molar-refractivity contribution < 1.29 is 0 Å². The first-order chi connectivity index (χ1) is 7.22. The molecule has 1 N–H and O–H groups in total. The van der Waals surface area contributed by atoms with Gasteiger partial charge in [0.25, 0.3) is 0 Å². The lowest BCUT2D eigenvalue weighted by Crippen LogP contribution is -2.42. The van der Waals surface area contributed by atoms with Crippen molar-refractivity contribution in [3.63, 3.8) is 0 Å². The molecule has 2 saturated carbocycles. The highest BCUT2D eigenvalue weighted by Crippen LogP contribution is 2.50. The van der Waals surface area contributed by atoms with Crippen LogP contribution in [0.1, 0.15) is 52.9 Å². The maximum Gasteiger partial charge on any atom is 0.0121 e. The minimum atomic E-state index is 0.792. The standard InChI is InChI=1S/C14H27N/c1-4-7-15-14(10(2)3)13-9-11-5-6-12(13)8-11/h10-15H,4-9H2,1-3H3. The molecule has 88 valence electrons. The minimum Gasteiger partial charge on any atom is -0.313 e. The van der Waals surface area contributed by atoms with Crippen molar-refractivity contribution in [2.24, 2.45) is 23.7 Å². The summed E-state index contributed by atoms with van der Waals surface area (Å²) in [6.07, 6.45) is 7.38. The molecular weight excluding hydrogens is 182 g/mol. The fraction of sp³-hybridized carbons (Fsp3) is 1.00. The summed E-state index contributed by atoms with van der Waals surface area (Å²) >= 11 is 0. The summed E-state index contributed by atoms with van der Waals surface area (Å²) in [5.74, 6) is 3.95. The molecule has 2 fully saturated rings. The van der Waals surface area contributed by atoms with Crippen molar-refractivity contribution in [2.45, 2.75) is 58.9 Å². The number of rotatable bonds is 5. The van der Waals surface area contributed by atoms with E-state index in [1.807, 2.05) is 0 Å². The van der Waals surface area contributed by atoms with Crippen LogP contribution in [0.15, 0.2) is 0 Å². The summed E-state index contributed by atoms with van der Waals surface area (Å²) in [6, 6.07) is 0.792. The molecule has 4 atom stereocenters. The van der Waals surface area contributed by atoms with Crippen LogP contribution >= 0.6 is 0 Å². The number of hydrogen-bond donors (Lipinski definition) is 1. The Bertz CT molecular complexity index is 200. The Balaban J connectivity index is 1.92. The second kappa shape index (κ2) is 4.86. The van der Waals surface area contributed by atoms with Gasteiger partial charge < -0.3 is 5.32 Å². The lowest BCUT2D eigenvalue weighted by Gasteiger charge is -2.34. The van der Waals surface area contributed by atoms with Crippen LogP contribution in [-0.2, 0) is 0 Å². The highest BCUT2D eigenvalue weighted by Gasteiger charge is 2.43. The van der Waals surface area contributed by atoms with E-state index >= 15 is 0 Å². The monoisotopic (exact) mass is 209 g/mol. The van der Waals surface area contributed by atoms with Crippen LogP contribution in [0, 0.1) is 23.7 Å². The Hall–Kier alpha value is -0.0400. The van der Waals surface area contributed by atoms with E-state index in [-0.39, 0.29) is 0 Å². The zero-order valence-electron chi connectivity index (χ0n) is 10.6. The highest BCUT2D eigenvalue weighted by atomic mass is 14.9. The van der Waals surface area contributed by atoms with Crippen LogP contribution in [-0.4, -0.2) is 12.6 Å². The minimum absolute atomic E-state index is 0.792. The highest BCUT2D eigenvalue weighted by molar-refractivity contribution is 4.96. The summed E-state index contributed by atoms with van der Waals surface area (Å²) in [5.41, 5.74) is 0. The molecule has 15 heavy (non-hydrogen) atoms. The van der Waals surface area contributed by atoms with E-state index in [1.165, 1.54) is 32.2 Å². The molecule has 2 rings (SSSR count). The Morgan fingerprint density at radius 2 is 2.00 bits per heavy atom. The molecule has 2 bridgehead atoms. The van der Waals surface area contributed by atoms with E-state index in [4.69, 9.17) is 0 Å². The molecule has 4 unspecified atom stereocenters. The molecule has 0 radical (unpaired) electrons. The molecule has 1 nitrogen and oxygen atoms in total. The molecule has 1 heteroatoms. The normalized spacial score (nSPS) is 36.4. The molecule has 2 aliphatic carbocycles. The molecule has 0 aromatic rings. The number of hydrogen-bond acceptors (Lipinski definition) is 1.